The molecule has 1 aromatic rings. The minimum absolute atomic E-state index is 0.323. The summed E-state index contributed by atoms with van der Waals surface area (Å²) in [7, 11) is 0. The van der Waals surface area contributed by atoms with Gasteiger partial charge in [-0.25, -0.2) is 9.18 Å². The summed E-state index contributed by atoms with van der Waals surface area (Å²) in [5, 5.41) is 2.58. The van der Waals surface area contributed by atoms with Crippen molar-refractivity contribution in [1.29, 1.82) is 0 Å². The molecule has 1 aliphatic rings. The maximum absolute atomic E-state index is 13.0. The van der Waals surface area contributed by atoms with Crippen LogP contribution in [0.4, 0.5) is 14.9 Å². The van der Waals surface area contributed by atoms with Gasteiger partial charge in [0.1, 0.15) is 18.4 Å². The van der Waals surface area contributed by atoms with Gasteiger partial charge < -0.3 is 10.2 Å². The Bertz CT molecular complexity index is 603. The molecule has 23 heavy (non-hydrogen) atoms. The molecule has 4 amide bonds. The molecule has 1 aromatic carbocycles. The highest BCUT2D eigenvalue weighted by molar-refractivity contribution is 6.08. The average molecular weight is 321 g/mol. The smallest absolute Gasteiger partial charge is 0.325 e. The van der Waals surface area contributed by atoms with Gasteiger partial charge in [0.05, 0.1) is 0 Å². The van der Waals surface area contributed by atoms with Gasteiger partial charge in [0.25, 0.3) is 5.91 Å². The van der Waals surface area contributed by atoms with Crippen LogP contribution < -0.4 is 10.2 Å². The number of hydrogen-bond acceptors (Lipinski definition) is 3. The molecule has 0 spiro atoms. The predicted molar refractivity (Wildman–Crippen MR) is 83.4 cm³/mol. The summed E-state index contributed by atoms with van der Waals surface area (Å²) in [5.74, 6) is -1.16. The second-order valence-electron chi connectivity index (χ2n) is 5.33. The molecule has 0 unspecified atom stereocenters. The third-order valence-corrected chi connectivity index (χ3v) is 3.73. The van der Waals surface area contributed by atoms with Crippen molar-refractivity contribution >= 4 is 23.5 Å². The first-order valence-corrected chi connectivity index (χ1v) is 7.65. The van der Waals surface area contributed by atoms with Crippen molar-refractivity contribution in [2.45, 2.75) is 32.7 Å². The zero-order valence-electron chi connectivity index (χ0n) is 13.2. The molecular formula is C16H20FN3O3. The summed E-state index contributed by atoms with van der Waals surface area (Å²) < 4.78 is 13.0. The van der Waals surface area contributed by atoms with Crippen molar-refractivity contribution < 1.29 is 18.8 Å². The lowest BCUT2D eigenvalue weighted by molar-refractivity contribution is -0.131. The van der Waals surface area contributed by atoms with Gasteiger partial charge in [0.2, 0.25) is 5.91 Å². The molecule has 7 heteroatoms. The molecule has 1 fully saturated rings. The molecule has 124 valence electrons. The van der Waals surface area contributed by atoms with Crippen LogP contribution in [0, 0.1) is 5.82 Å². The van der Waals surface area contributed by atoms with E-state index in [9.17, 15) is 18.8 Å². The first kappa shape index (κ1) is 16.9. The van der Waals surface area contributed by atoms with Crippen molar-refractivity contribution in [2.24, 2.45) is 0 Å². The van der Waals surface area contributed by atoms with Crippen LogP contribution in [0.2, 0.25) is 0 Å². The summed E-state index contributed by atoms with van der Waals surface area (Å²) in [6.07, 6.45) is 1.31. The summed E-state index contributed by atoms with van der Waals surface area (Å²) in [6.45, 7) is 3.72. The third-order valence-electron chi connectivity index (χ3n) is 3.73. The van der Waals surface area contributed by atoms with Crippen molar-refractivity contribution in [1.82, 2.24) is 10.2 Å². The Morgan fingerprint density at radius 3 is 2.48 bits per heavy atom. The maximum Gasteiger partial charge on any atom is 0.325 e. The van der Waals surface area contributed by atoms with Crippen molar-refractivity contribution in [3.63, 3.8) is 0 Å². The largest absolute Gasteiger partial charge is 0.326 e. The maximum atomic E-state index is 13.0. The normalized spacial score (nSPS) is 17.3. The van der Waals surface area contributed by atoms with E-state index >= 15 is 0 Å². The molecule has 0 saturated carbocycles. The van der Waals surface area contributed by atoms with Crippen LogP contribution in [0.25, 0.3) is 0 Å². The molecular weight excluding hydrogens is 301 g/mol. The zero-order valence-corrected chi connectivity index (χ0v) is 13.2. The molecule has 1 saturated heterocycles. The Morgan fingerprint density at radius 1 is 1.26 bits per heavy atom. The number of carbonyl (C=O) groups is 3. The summed E-state index contributed by atoms with van der Waals surface area (Å²) in [6, 6.07) is 4.40. The fraction of sp³-hybridized carbons (Fsp3) is 0.438. The number of benzene rings is 1. The number of amides is 4. The van der Waals surface area contributed by atoms with Crippen LogP contribution in [0.3, 0.4) is 0 Å². The molecule has 1 heterocycles. The number of rotatable bonds is 6. The minimum Gasteiger partial charge on any atom is -0.326 e. The van der Waals surface area contributed by atoms with Gasteiger partial charge in [-0.15, -0.1) is 0 Å². The van der Waals surface area contributed by atoms with Gasteiger partial charge in [-0.05, 0) is 37.6 Å². The van der Waals surface area contributed by atoms with E-state index < -0.39 is 17.9 Å². The molecule has 1 aliphatic heterocycles. The summed E-state index contributed by atoms with van der Waals surface area (Å²) in [5.41, 5.74) is 0.524. The van der Waals surface area contributed by atoms with E-state index in [2.05, 4.69) is 5.32 Å². The molecule has 0 radical (unpaired) electrons. The van der Waals surface area contributed by atoms with Crippen molar-refractivity contribution in [2.75, 3.05) is 18.0 Å². The topological polar surface area (TPSA) is 69.7 Å². The second kappa shape index (κ2) is 7.21. The number of hydrogen-bond donors (Lipinski definition) is 1. The minimum atomic E-state index is -0.554. The van der Waals surface area contributed by atoms with Crippen molar-refractivity contribution in [3.05, 3.63) is 30.1 Å². The van der Waals surface area contributed by atoms with Gasteiger partial charge in [0.15, 0.2) is 0 Å². The van der Waals surface area contributed by atoms with Gasteiger partial charge in [-0.3, -0.25) is 14.5 Å². The second-order valence-corrected chi connectivity index (χ2v) is 5.33. The van der Waals surface area contributed by atoms with Crippen LogP contribution in [-0.2, 0) is 9.59 Å². The number of urea groups is 1. The van der Waals surface area contributed by atoms with E-state index in [0.717, 1.165) is 11.3 Å². The Balaban J connectivity index is 2.09. The lowest BCUT2D eigenvalue weighted by Gasteiger charge is -2.23. The molecule has 6 nitrogen and oxygen atoms in total. The van der Waals surface area contributed by atoms with E-state index in [1.807, 2.05) is 6.92 Å². The Morgan fingerprint density at radius 2 is 1.91 bits per heavy atom. The van der Waals surface area contributed by atoms with Crippen molar-refractivity contribution in [3.8, 4) is 0 Å². The first-order chi connectivity index (χ1) is 11.0. The highest BCUT2D eigenvalue weighted by Gasteiger charge is 2.38. The molecule has 1 N–H and O–H groups in total. The number of carbonyl (C=O) groups excluding carboxylic acids is 3. The van der Waals surface area contributed by atoms with E-state index in [1.54, 1.807) is 6.92 Å². The highest BCUT2D eigenvalue weighted by atomic mass is 19.1. The Hall–Kier alpha value is -2.44. The van der Waals surface area contributed by atoms with E-state index in [-0.39, 0.29) is 18.4 Å². The predicted octanol–water partition coefficient (Wildman–Crippen LogP) is 1.90. The highest BCUT2D eigenvalue weighted by Crippen LogP contribution is 2.17. The van der Waals surface area contributed by atoms with Crippen LogP contribution in [-0.4, -0.2) is 41.9 Å². The molecule has 1 atom stereocenters. The zero-order chi connectivity index (χ0) is 17.0. The quantitative estimate of drug-likeness (QED) is 0.814. The lowest BCUT2D eigenvalue weighted by atomic mass is 10.2. The van der Waals surface area contributed by atoms with Crippen LogP contribution in [0.1, 0.15) is 26.7 Å². The third kappa shape index (κ3) is 3.67. The number of nitrogens with one attached hydrogen (secondary N) is 1. The standard InChI is InChI=1S/C16H20FN3O3/c1-3-5-13-15(22)20(16(23)18-13)10-14(21)19(4-2)12-8-6-11(17)7-9-12/h6-9,13H,3-5,10H2,1-2H3,(H,18,23)/t13-/m1/s1. The Kier molecular flexibility index (Phi) is 5.31. The molecule has 0 aliphatic carbocycles. The summed E-state index contributed by atoms with van der Waals surface area (Å²) in [4.78, 5) is 38.8. The number of anilines is 1. The molecule has 0 bridgehead atoms. The number of halogens is 1. The van der Waals surface area contributed by atoms with Gasteiger partial charge in [-0.1, -0.05) is 13.3 Å². The number of nitrogens with zero attached hydrogens (tertiary/aromatic N) is 2. The first-order valence-electron chi connectivity index (χ1n) is 7.65. The van der Waals surface area contributed by atoms with E-state index in [1.165, 1.54) is 29.2 Å². The SMILES string of the molecule is CCC[C@H]1NC(=O)N(CC(=O)N(CC)c2ccc(F)cc2)C1=O. The van der Waals surface area contributed by atoms with Crippen LogP contribution in [0.15, 0.2) is 24.3 Å². The van der Waals surface area contributed by atoms with E-state index in [4.69, 9.17) is 0 Å². The number of likely N-dealkylation sites (N-methyl/N-ethyl adjacent to an activating group) is 1. The van der Waals surface area contributed by atoms with Gasteiger partial charge >= 0.3 is 6.03 Å². The van der Waals surface area contributed by atoms with Crippen LogP contribution in [0.5, 0.6) is 0 Å². The Labute approximate surface area is 134 Å². The fourth-order valence-electron chi connectivity index (χ4n) is 2.56. The monoisotopic (exact) mass is 321 g/mol. The van der Waals surface area contributed by atoms with Crippen LogP contribution >= 0.6 is 0 Å². The molecule has 0 aromatic heterocycles. The summed E-state index contributed by atoms with van der Waals surface area (Å²) >= 11 is 0. The average Bonchev–Trinajstić information content (AvgIpc) is 2.78. The lowest BCUT2D eigenvalue weighted by Crippen LogP contribution is -2.43. The van der Waals surface area contributed by atoms with E-state index in [0.29, 0.717) is 18.7 Å². The fourth-order valence-corrected chi connectivity index (χ4v) is 2.56. The molecule has 2 rings (SSSR count). The van der Waals surface area contributed by atoms with Gasteiger partial charge in [-0.2, -0.15) is 0 Å². The number of imide groups is 1. The van der Waals surface area contributed by atoms with Gasteiger partial charge in [0, 0.05) is 12.2 Å².